The molecule has 0 aliphatic heterocycles. The number of hydrogen-bond acceptors (Lipinski definition) is 6. The molecule has 0 unspecified atom stereocenters. The summed E-state index contributed by atoms with van der Waals surface area (Å²) in [6.07, 6.45) is 2.78. The average molecular weight is 260 g/mol. The van der Waals surface area contributed by atoms with E-state index in [-0.39, 0.29) is 0 Å². The summed E-state index contributed by atoms with van der Waals surface area (Å²) in [4.78, 5) is 8.64. The van der Waals surface area contributed by atoms with Crippen LogP contribution in [0.4, 0.5) is 6.01 Å². The number of nitrogens with zero attached hydrogens (tertiary/aromatic N) is 3. The highest BCUT2D eigenvalue weighted by Crippen LogP contribution is 2.24. The lowest BCUT2D eigenvalue weighted by Gasteiger charge is -1.95. The molecule has 3 rings (SSSR count). The van der Waals surface area contributed by atoms with Gasteiger partial charge in [0.1, 0.15) is 0 Å². The first-order valence-corrected chi connectivity index (χ1v) is 6.66. The lowest BCUT2D eigenvalue weighted by molar-refractivity contribution is 0.432. The molecule has 0 atom stereocenters. The first-order chi connectivity index (χ1) is 8.86. The van der Waals surface area contributed by atoms with Crippen LogP contribution in [-0.4, -0.2) is 21.7 Å². The fourth-order valence-corrected chi connectivity index (χ4v) is 2.39. The van der Waals surface area contributed by atoms with Gasteiger partial charge in [0, 0.05) is 18.3 Å². The lowest BCUT2D eigenvalue weighted by Crippen LogP contribution is -1.99. The van der Waals surface area contributed by atoms with Crippen LogP contribution in [0.25, 0.3) is 21.6 Å². The van der Waals surface area contributed by atoms with E-state index in [1.54, 1.807) is 17.5 Å². The molecule has 0 spiro atoms. The minimum atomic E-state index is 0.457. The Morgan fingerprint density at radius 1 is 1.44 bits per heavy atom. The molecule has 0 fully saturated rings. The summed E-state index contributed by atoms with van der Waals surface area (Å²) in [5, 5.41) is 9.02. The van der Waals surface area contributed by atoms with Gasteiger partial charge in [0.2, 0.25) is 5.82 Å². The summed E-state index contributed by atoms with van der Waals surface area (Å²) in [7, 11) is 0. The highest BCUT2D eigenvalue weighted by molar-refractivity contribution is 7.17. The summed E-state index contributed by atoms with van der Waals surface area (Å²) in [6, 6.07) is 4.48. The number of pyridine rings is 1. The van der Waals surface area contributed by atoms with Crippen LogP contribution in [0, 0.1) is 0 Å². The molecule has 1 N–H and O–H groups in total. The molecule has 0 saturated carbocycles. The van der Waals surface area contributed by atoms with E-state index in [9.17, 15) is 0 Å². The van der Waals surface area contributed by atoms with E-state index in [1.165, 1.54) is 0 Å². The third-order valence-electron chi connectivity index (χ3n) is 2.51. The van der Waals surface area contributed by atoms with Crippen molar-refractivity contribution in [1.82, 2.24) is 15.1 Å². The second kappa shape index (κ2) is 4.73. The third kappa shape index (κ3) is 2.06. The van der Waals surface area contributed by atoms with E-state index >= 15 is 0 Å². The Kier molecular flexibility index (Phi) is 2.93. The van der Waals surface area contributed by atoms with Crippen molar-refractivity contribution in [2.45, 2.75) is 13.3 Å². The molecular weight excluding hydrogens is 248 g/mol. The second-order valence-electron chi connectivity index (χ2n) is 3.88. The molecule has 18 heavy (non-hydrogen) atoms. The monoisotopic (exact) mass is 260 g/mol. The van der Waals surface area contributed by atoms with E-state index < -0.39 is 0 Å². The van der Waals surface area contributed by atoms with Crippen molar-refractivity contribution in [3.05, 3.63) is 23.7 Å². The molecule has 0 saturated heterocycles. The minimum Gasteiger partial charge on any atom is -0.338 e. The van der Waals surface area contributed by atoms with Gasteiger partial charge in [0.05, 0.1) is 10.2 Å². The quantitative estimate of drug-likeness (QED) is 0.780. The zero-order valence-electron chi connectivity index (χ0n) is 9.88. The molecule has 5 nitrogen and oxygen atoms in total. The molecule has 0 amide bonds. The van der Waals surface area contributed by atoms with Gasteiger partial charge in [-0.2, -0.15) is 4.98 Å². The van der Waals surface area contributed by atoms with E-state index in [0.717, 1.165) is 28.7 Å². The summed E-state index contributed by atoms with van der Waals surface area (Å²) in [5.74, 6) is 0.566. The fourth-order valence-electron chi connectivity index (χ4n) is 1.61. The predicted molar refractivity (Wildman–Crippen MR) is 71.7 cm³/mol. The van der Waals surface area contributed by atoms with Gasteiger partial charge >= 0.3 is 6.01 Å². The smallest absolute Gasteiger partial charge is 0.321 e. The maximum atomic E-state index is 5.12. The van der Waals surface area contributed by atoms with Gasteiger partial charge < -0.3 is 9.84 Å². The molecule has 3 heterocycles. The zero-order valence-corrected chi connectivity index (χ0v) is 10.7. The Hall–Kier alpha value is -1.95. The number of anilines is 1. The molecule has 6 heteroatoms. The van der Waals surface area contributed by atoms with Gasteiger partial charge in [-0.05, 0) is 23.9 Å². The standard InChI is InChI=1S/C12H12N4OS/c1-2-4-13-12-15-11(16-17-12)8-6-10-9(14-7-8)3-5-18-10/h3,5-7H,2,4H2,1H3,(H,13,15,16). The Morgan fingerprint density at radius 3 is 3.28 bits per heavy atom. The molecule has 0 aliphatic rings. The number of hydrogen-bond donors (Lipinski definition) is 1. The predicted octanol–water partition coefficient (Wildman–Crippen LogP) is 3.17. The second-order valence-corrected chi connectivity index (χ2v) is 4.83. The van der Waals surface area contributed by atoms with Crippen LogP contribution in [0.1, 0.15) is 13.3 Å². The van der Waals surface area contributed by atoms with Crippen LogP contribution in [0.3, 0.4) is 0 Å². The van der Waals surface area contributed by atoms with Gasteiger partial charge in [0.25, 0.3) is 0 Å². The van der Waals surface area contributed by atoms with Gasteiger partial charge in [0.15, 0.2) is 0 Å². The number of thiophene rings is 1. The summed E-state index contributed by atoms with van der Waals surface area (Å²) in [6.45, 7) is 2.91. The first-order valence-electron chi connectivity index (χ1n) is 5.78. The Labute approximate surface area is 108 Å². The van der Waals surface area contributed by atoms with Crippen molar-refractivity contribution in [2.75, 3.05) is 11.9 Å². The molecule has 0 aromatic carbocycles. The number of fused-ring (bicyclic) bond motifs is 1. The van der Waals surface area contributed by atoms with E-state index in [4.69, 9.17) is 4.52 Å². The van der Waals surface area contributed by atoms with Gasteiger partial charge in [-0.15, -0.1) is 11.3 Å². The maximum Gasteiger partial charge on any atom is 0.321 e. The average Bonchev–Trinajstić information content (AvgIpc) is 3.04. The Bertz CT molecular complexity index is 661. The molecule has 3 aromatic heterocycles. The van der Waals surface area contributed by atoms with Gasteiger partial charge in [-0.3, -0.25) is 4.98 Å². The molecule has 3 aromatic rings. The first kappa shape index (κ1) is 11.2. The normalized spacial score (nSPS) is 10.9. The van der Waals surface area contributed by atoms with E-state index in [0.29, 0.717) is 11.8 Å². The Morgan fingerprint density at radius 2 is 2.39 bits per heavy atom. The van der Waals surface area contributed by atoms with E-state index in [1.807, 2.05) is 17.5 Å². The SMILES string of the molecule is CCCNc1nc(-c2cnc3ccsc3c2)no1. The molecule has 0 radical (unpaired) electrons. The maximum absolute atomic E-state index is 5.12. The number of nitrogens with one attached hydrogen (secondary N) is 1. The van der Waals surface area contributed by atoms with E-state index in [2.05, 4.69) is 27.4 Å². The number of rotatable bonds is 4. The van der Waals surface area contributed by atoms with Crippen molar-refractivity contribution in [3.63, 3.8) is 0 Å². The molecule has 0 bridgehead atoms. The molecular formula is C12H12N4OS. The van der Waals surface area contributed by atoms with Crippen molar-refractivity contribution in [2.24, 2.45) is 0 Å². The van der Waals surface area contributed by atoms with Gasteiger partial charge in [-0.1, -0.05) is 12.1 Å². The lowest BCUT2D eigenvalue weighted by atomic mass is 10.2. The van der Waals surface area contributed by atoms with Crippen LogP contribution >= 0.6 is 11.3 Å². The Balaban J connectivity index is 1.90. The van der Waals surface area contributed by atoms with Crippen molar-refractivity contribution in [3.8, 4) is 11.4 Å². The van der Waals surface area contributed by atoms with Crippen molar-refractivity contribution in [1.29, 1.82) is 0 Å². The summed E-state index contributed by atoms with van der Waals surface area (Å²) in [5.41, 5.74) is 1.87. The summed E-state index contributed by atoms with van der Waals surface area (Å²) < 4.78 is 6.24. The zero-order chi connectivity index (χ0) is 12.4. The van der Waals surface area contributed by atoms with Crippen molar-refractivity contribution < 1.29 is 4.52 Å². The summed E-state index contributed by atoms with van der Waals surface area (Å²) >= 11 is 1.65. The molecule has 92 valence electrons. The van der Waals surface area contributed by atoms with Crippen LogP contribution in [0.2, 0.25) is 0 Å². The minimum absolute atomic E-state index is 0.457. The fraction of sp³-hybridized carbons (Fsp3) is 0.250. The highest BCUT2D eigenvalue weighted by Gasteiger charge is 2.09. The van der Waals surface area contributed by atoms with Crippen LogP contribution in [0.15, 0.2) is 28.2 Å². The van der Waals surface area contributed by atoms with Crippen molar-refractivity contribution >= 4 is 27.6 Å². The van der Waals surface area contributed by atoms with Gasteiger partial charge in [-0.25, -0.2) is 0 Å². The topological polar surface area (TPSA) is 63.8 Å². The molecule has 0 aliphatic carbocycles. The highest BCUT2D eigenvalue weighted by atomic mass is 32.1. The largest absolute Gasteiger partial charge is 0.338 e. The number of aromatic nitrogens is 3. The van der Waals surface area contributed by atoms with Crippen LogP contribution < -0.4 is 5.32 Å². The third-order valence-corrected chi connectivity index (χ3v) is 3.37. The van der Waals surface area contributed by atoms with Crippen LogP contribution in [0.5, 0.6) is 0 Å². The van der Waals surface area contributed by atoms with Crippen LogP contribution in [-0.2, 0) is 0 Å².